The van der Waals surface area contributed by atoms with Crippen LogP contribution in [0.3, 0.4) is 0 Å². The second-order valence-corrected chi connectivity index (χ2v) is 5.72. The Morgan fingerprint density at radius 3 is 2.70 bits per heavy atom. The number of aromatic nitrogens is 4. The predicted octanol–water partition coefficient (Wildman–Crippen LogP) is 2.73. The van der Waals surface area contributed by atoms with E-state index in [1.807, 2.05) is 43.6 Å². The van der Waals surface area contributed by atoms with Crippen molar-refractivity contribution in [2.24, 2.45) is 0 Å². The number of nitrogens with one attached hydrogen (secondary N) is 1. The zero-order chi connectivity index (χ0) is 16.2. The van der Waals surface area contributed by atoms with E-state index in [4.69, 9.17) is 11.6 Å². The molecule has 1 amide bonds. The first-order valence-electron chi connectivity index (χ1n) is 7.15. The fourth-order valence-corrected chi connectivity index (χ4v) is 2.30. The standard InChI is InChI=1S/C16H16ClN5O/c1-12-8-18-22(9-12)11-16(23)19-15-6-7-21(20-15)10-13-2-4-14(17)5-3-13/h2-9H,10-11H2,1H3,(H,19,20,23). The number of benzene rings is 1. The van der Waals surface area contributed by atoms with Crippen molar-refractivity contribution in [2.45, 2.75) is 20.0 Å². The lowest BCUT2D eigenvalue weighted by molar-refractivity contribution is -0.116. The van der Waals surface area contributed by atoms with Crippen LogP contribution in [-0.2, 0) is 17.9 Å². The zero-order valence-corrected chi connectivity index (χ0v) is 13.4. The van der Waals surface area contributed by atoms with Crippen LogP contribution in [0, 0.1) is 6.92 Å². The number of hydrogen-bond donors (Lipinski definition) is 1. The van der Waals surface area contributed by atoms with E-state index in [-0.39, 0.29) is 12.5 Å². The highest BCUT2D eigenvalue weighted by Gasteiger charge is 2.07. The topological polar surface area (TPSA) is 64.7 Å². The Morgan fingerprint density at radius 2 is 2.00 bits per heavy atom. The van der Waals surface area contributed by atoms with E-state index in [9.17, 15) is 4.79 Å². The number of carbonyl (C=O) groups is 1. The molecule has 118 valence electrons. The molecule has 0 atom stereocenters. The maximum Gasteiger partial charge on any atom is 0.247 e. The van der Waals surface area contributed by atoms with E-state index < -0.39 is 0 Å². The highest BCUT2D eigenvalue weighted by molar-refractivity contribution is 6.30. The van der Waals surface area contributed by atoms with Crippen LogP contribution in [0.1, 0.15) is 11.1 Å². The molecule has 0 saturated carbocycles. The quantitative estimate of drug-likeness (QED) is 0.782. The molecule has 3 aromatic rings. The number of amides is 1. The van der Waals surface area contributed by atoms with Gasteiger partial charge in [-0.3, -0.25) is 14.2 Å². The number of rotatable bonds is 5. The Hall–Kier alpha value is -2.60. The number of anilines is 1. The second kappa shape index (κ2) is 6.66. The lowest BCUT2D eigenvalue weighted by Gasteiger charge is -2.03. The molecule has 0 unspecified atom stereocenters. The average molecular weight is 330 g/mol. The van der Waals surface area contributed by atoms with Gasteiger partial charge in [0.2, 0.25) is 5.91 Å². The van der Waals surface area contributed by atoms with Gasteiger partial charge in [0, 0.05) is 23.5 Å². The first kappa shape index (κ1) is 15.3. The number of halogens is 1. The van der Waals surface area contributed by atoms with Gasteiger partial charge in [-0.05, 0) is 30.2 Å². The van der Waals surface area contributed by atoms with Gasteiger partial charge >= 0.3 is 0 Å². The number of hydrogen-bond acceptors (Lipinski definition) is 3. The van der Waals surface area contributed by atoms with Crippen LogP contribution in [0.15, 0.2) is 48.9 Å². The van der Waals surface area contributed by atoms with Crippen molar-refractivity contribution in [2.75, 3.05) is 5.32 Å². The maximum absolute atomic E-state index is 12.0. The molecule has 23 heavy (non-hydrogen) atoms. The van der Waals surface area contributed by atoms with Gasteiger partial charge in [-0.15, -0.1) is 0 Å². The van der Waals surface area contributed by atoms with Gasteiger partial charge in [-0.2, -0.15) is 10.2 Å². The minimum atomic E-state index is -0.162. The zero-order valence-electron chi connectivity index (χ0n) is 12.6. The van der Waals surface area contributed by atoms with Crippen LogP contribution in [0.25, 0.3) is 0 Å². The van der Waals surface area contributed by atoms with E-state index >= 15 is 0 Å². The molecule has 1 N–H and O–H groups in total. The normalized spacial score (nSPS) is 10.7. The first-order valence-corrected chi connectivity index (χ1v) is 7.53. The molecule has 0 aliphatic rings. The summed E-state index contributed by atoms with van der Waals surface area (Å²) >= 11 is 5.87. The molecule has 0 radical (unpaired) electrons. The highest BCUT2D eigenvalue weighted by atomic mass is 35.5. The third kappa shape index (κ3) is 4.20. The number of nitrogens with zero attached hydrogens (tertiary/aromatic N) is 4. The molecule has 2 heterocycles. The molecule has 0 bridgehead atoms. The average Bonchev–Trinajstić information content (AvgIpc) is 3.11. The van der Waals surface area contributed by atoms with Gasteiger partial charge in [0.15, 0.2) is 5.82 Å². The third-order valence-electron chi connectivity index (χ3n) is 3.23. The molecule has 2 aromatic heterocycles. The van der Waals surface area contributed by atoms with Crippen molar-refractivity contribution in [3.05, 3.63) is 65.1 Å². The largest absolute Gasteiger partial charge is 0.308 e. The summed E-state index contributed by atoms with van der Waals surface area (Å²) in [7, 11) is 0. The Kier molecular flexibility index (Phi) is 4.43. The van der Waals surface area contributed by atoms with Crippen LogP contribution < -0.4 is 5.32 Å². The summed E-state index contributed by atoms with van der Waals surface area (Å²) in [5, 5.41) is 11.9. The Morgan fingerprint density at radius 1 is 1.22 bits per heavy atom. The Labute approximate surface area is 138 Å². The molecular weight excluding hydrogens is 314 g/mol. The first-order chi connectivity index (χ1) is 11.1. The lowest BCUT2D eigenvalue weighted by atomic mass is 10.2. The Bertz CT molecular complexity index is 806. The molecule has 1 aromatic carbocycles. The van der Waals surface area contributed by atoms with Gasteiger partial charge in [0.25, 0.3) is 0 Å². The molecule has 0 spiro atoms. The number of carbonyl (C=O) groups excluding carboxylic acids is 1. The minimum Gasteiger partial charge on any atom is -0.308 e. The van der Waals surface area contributed by atoms with Crippen LogP contribution in [0.5, 0.6) is 0 Å². The fourth-order valence-electron chi connectivity index (χ4n) is 2.18. The van der Waals surface area contributed by atoms with Crippen LogP contribution in [-0.4, -0.2) is 25.5 Å². The summed E-state index contributed by atoms with van der Waals surface area (Å²) in [6.45, 7) is 2.71. The van der Waals surface area contributed by atoms with Crippen molar-refractivity contribution in [3.8, 4) is 0 Å². The van der Waals surface area contributed by atoms with Crippen molar-refractivity contribution in [1.82, 2.24) is 19.6 Å². The van der Waals surface area contributed by atoms with Crippen molar-refractivity contribution in [3.63, 3.8) is 0 Å². The maximum atomic E-state index is 12.0. The fraction of sp³-hybridized carbons (Fsp3) is 0.188. The molecule has 7 heteroatoms. The lowest BCUT2D eigenvalue weighted by Crippen LogP contribution is -2.19. The summed E-state index contributed by atoms with van der Waals surface area (Å²) in [6.07, 6.45) is 5.36. The van der Waals surface area contributed by atoms with E-state index in [1.165, 1.54) is 0 Å². The molecule has 6 nitrogen and oxygen atoms in total. The minimum absolute atomic E-state index is 0.162. The van der Waals surface area contributed by atoms with Crippen LogP contribution >= 0.6 is 11.6 Å². The monoisotopic (exact) mass is 329 g/mol. The van der Waals surface area contributed by atoms with Crippen molar-refractivity contribution in [1.29, 1.82) is 0 Å². The molecule has 0 aliphatic heterocycles. The molecule has 0 saturated heterocycles. The SMILES string of the molecule is Cc1cnn(CC(=O)Nc2ccn(Cc3ccc(Cl)cc3)n2)c1. The van der Waals surface area contributed by atoms with E-state index in [2.05, 4.69) is 15.5 Å². The smallest absolute Gasteiger partial charge is 0.247 e. The molecular formula is C16H16ClN5O. The molecule has 0 fully saturated rings. The third-order valence-corrected chi connectivity index (χ3v) is 3.49. The summed E-state index contributed by atoms with van der Waals surface area (Å²) in [5.74, 6) is 0.359. The van der Waals surface area contributed by atoms with Gasteiger partial charge in [0.05, 0.1) is 12.7 Å². The van der Waals surface area contributed by atoms with Gasteiger partial charge in [0.1, 0.15) is 6.54 Å². The van der Waals surface area contributed by atoms with Crippen molar-refractivity contribution < 1.29 is 4.79 Å². The Balaban J connectivity index is 1.58. The summed E-state index contributed by atoms with van der Waals surface area (Å²) in [4.78, 5) is 12.0. The highest BCUT2D eigenvalue weighted by Crippen LogP contribution is 2.11. The van der Waals surface area contributed by atoms with Gasteiger partial charge < -0.3 is 5.32 Å². The van der Waals surface area contributed by atoms with E-state index in [1.54, 1.807) is 21.6 Å². The van der Waals surface area contributed by atoms with Gasteiger partial charge in [-0.25, -0.2) is 0 Å². The van der Waals surface area contributed by atoms with Crippen LogP contribution in [0.2, 0.25) is 5.02 Å². The summed E-state index contributed by atoms with van der Waals surface area (Å²) < 4.78 is 3.35. The van der Waals surface area contributed by atoms with E-state index in [0.29, 0.717) is 17.4 Å². The summed E-state index contributed by atoms with van der Waals surface area (Å²) in [5.41, 5.74) is 2.10. The van der Waals surface area contributed by atoms with Crippen LogP contribution in [0.4, 0.5) is 5.82 Å². The van der Waals surface area contributed by atoms with Gasteiger partial charge in [-0.1, -0.05) is 23.7 Å². The predicted molar refractivity (Wildman–Crippen MR) is 88.4 cm³/mol. The van der Waals surface area contributed by atoms with Crippen molar-refractivity contribution >= 4 is 23.3 Å². The summed E-state index contributed by atoms with van der Waals surface area (Å²) in [6, 6.07) is 9.34. The number of aryl methyl sites for hydroxylation is 1. The van der Waals surface area contributed by atoms with E-state index in [0.717, 1.165) is 11.1 Å². The molecule has 0 aliphatic carbocycles. The second-order valence-electron chi connectivity index (χ2n) is 5.29. The molecule has 3 rings (SSSR count).